The molecule has 21 heavy (non-hydrogen) atoms. The molecule has 0 aliphatic rings. The van der Waals surface area contributed by atoms with Gasteiger partial charge in [0.15, 0.2) is 0 Å². The van der Waals surface area contributed by atoms with Gasteiger partial charge in [0.25, 0.3) is 0 Å². The van der Waals surface area contributed by atoms with Gasteiger partial charge >= 0.3 is 12.3 Å². The Hall–Kier alpha value is -1.50. The van der Waals surface area contributed by atoms with E-state index in [1.807, 2.05) is 0 Å². The Bertz CT molecular complexity index is 630. The van der Waals surface area contributed by atoms with Crippen LogP contribution in [0.25, 0.3) is 11.0 Å². The first-order valence-electron chi connectivity index (χ1n) is 6.23. The second-order valence-corrected chi connectivity index (χ2v) is 4.63. The Morgan fingerprint density at radius 2 is 2.10 bits per heavy atom. The van der Waals surface area contributed by atoms with E-state index in [0.29, 0.717) is 17.9 Å². The standard InChI is InChI=1S/C13H13ClF4N2O/c1-2-21-9-5-3-4-8-11(9)19-10(6-14)20(8)7-13(17,18)12(15)16/h3-5,12H,2,6-7H2,1H3. The quantitative estimate of drug-likeness (QED) is 0.591. The molecule has 0 unspecified atom stereocenters. The van der Waals surface area contributed by atoms with E-state index in [1.165, 1.54) is 6.07 Å². The third-order valence-corrected chi connectivity index (χ3v) is 3.17. The first-order chi connectivity index (χ1) is 9.90. The second kappa shape index (κ2) is 6.09. The van der Waals surface area contributed by atoms with Gasteiger partial charge in [-0.3, -0.25) is 0 Å². The molecule has 1 aromatic carbocycles. The van der Waals surface area contributed by atoms with Gasteiger partial charge in [0.05, 0.1) is 24.5 Å². The van der Waals surface area contributed by atoms with E-state index in [9.17, 15) is 17.6 Å². The fraction of sp³-hybridized carbons (Fsp3) is 0.462. The van der Waals surface area contributed by atoms with Crippen molar-refractivity contribution < 1.29 is 22.3 Å². The molecule has 0 fully saturated rings. The van der Waals surface area contributed by atoms with Gasteiger partial charge in [0.1, 0.15) is 17.1 Å². The molecular formula is C13H13ClF4N2O. The van der Waals surface area contributed by atoms with E-state index in [0.717, 1.165) is 4.57 Å². The maximum absolute atomic E-state index is 13.3. The maximum atomic E-state index is 13.3. The van der Waals surface area contributed by atoms with E-state index in [4.69, 9.17) is 16.3 Å². The van der Waals surface area contributed by atoms with Crippen LogP contribution in [0.1, 0.15) is 12.7 Å². The number of rotatable bonds is 6. The minimum Gasteiger partial charge on any atom is -0.492 e. The second-order valence-electron chi connectivity index (χ2n) is 4.37. The molecule has 0 spiro atoms. The van der Waals surface area contributed by atoms with Crippen LogP contribution in [0.4, 0.5) is 17.6 Å². The lowest BCUT2D eigenvalue weighted by atomic mass is 10.2. The Balaban J connectivity index is 2.54. The predicted octanol–water partition coefficient (Wildman–Crippen LogP) is 4.07. The largest absolute Gasteiger partial charge is 0.492 e. The number of hydrogen-bond donors (Lipinski definition) is 0. The van der Waals surface area contributed by atoms with Crippen LogP contribution in [0.3, 0.4) is 0 Å². The molecule has 3 nitrogen and oxygen atoms in total. The Morgan fingerprint density at radius 3 is 2.67 bits per heavy atom. The number of halogens is 5. The normalized spacial score (nSPS) is 12.3. The highest BCUT2D eigenvalue weighted by Crippen LogP contribution is 2.31. The number of nitrogens with zero attached hydrogens (tertiary/aromatic N) is 2. The molecule has 0 bridgehead atoms. The number of fused-ring (bicyclic) bond motifs is 1. The van der Waals surface area contributed by atoms with Crippen LogP contribution in [-0.2, 0) is 12.4 Å². The van der Waals surface area contributed by atoms with Gasteiger partial charge in [0.2, 0.25) is 0 Å². The van der Waals surface area contributed by atoms with Crippen LogP contribution in [0, 0.1) is 0 Å². The summed E-state index contributed by atoms with van der Waals surface area (Å²) in [7, 11) is 0. The summed E-state index contributed by atoms with van der Waals surface area (Å²) in [6.07, 6.45) is -3.76. The van der Waals surface area contributed by atoms with Crippen molar-refractivity contribution in [3.8, 4) is 5.75 Å². The molecule has 2 aromatic rings. The number of alkyl halides is 5. The fourth-order valence-corrected chi connectivity index (χ4v) is 2.20. The number of aromatic nitrogens is 2. The molecule has 1 aromatic heterocycles. The maximum Gasteiger partial charge on any atom is 0.324 e. The summed E-state index contributed by atoms with van der Waals surface area (Å²) in [5.74, 6) is -3.82. The minimum absolute atomic E-state index is 0.0964. The van der Waals surface area contributed by atoms with Crippen molar-refractivity contribution in [1.82, 2.24) is 9.55 Å². The van der Waals surface area contributed by atoms with E-state index in [1.54, 1.807) is 19.1 Å². The number of imidazole rings is 1. The van der Waals surface area contributed by atoms with Crippen molar-refractivity contribution in [2.45, 2.75) is 31.7 Å². The molecule has 1 heterocycles. The molecular weight excluding hydrogens is 312 g/mol. The smallest absolute Gasteiger partial charge is 0.324 e. The first-order valence-corrected chi connectivity index (χ1v) is 6.77. The van der Waals surface area contributed by atoms with Gasteiger partial charge in [0, 0.05) is 0 Å². The van der Waals surface area contributed by atoms with Crippen molar-refractivity contribution in [3.05, 3.63) is 24.0 Å². The summed E-state index contributed by atoms with van der Waals surface area (Å²) in [4.78, 5) is 4.12. The lowest BCUT2D eigenvalue weighted by Gasteiger charge is -2.17. The van der Waals surface area contributed by atoms with Crippen molar-refractivity contribution >= 4 is 22.6 Å². The van der Waals surface area contributed by atoms with Crippen LogP contribution in [-0.4, -0.2) is 28.5 Å². The SMILES string of the molecule is CCOc1cccc2c1nc(CCl)n2CC(F)(F)C(F)F. The van der Waals surface area contributed by atoms with Crippen LogP contribution >= 0.6 is 11.6 Å². The van der Waals surface area contributed by atoms with E-state index < -0.39 is 18.9 Å². The van der Waals surface area contributed by atoms with Crippen LogP contribution < -0.4 is 4.74 Å². The molecule has 0 aliphatic heterocycles. The molecule has 2 rings (SSSR count). The number of hydrogen-bond acceptors (Lipinski definition) is 2. The van der Waals surface area contributed by atoms with Crippen molar-refractivity contribution in [2.24, 2.45) is 0 Å². The Morgan fingerprint density at radius 1 is 1.38 bits per heavy atom. The fourth-order valence-electron chi connectivity index (χ4n) is 2.00. The van der Waals surface area contributed by atoms with Crippen LogP contribution in [0.5, 0.6) is 5.75 Å². The molecule has 0 amide bonds. The third kappa shape index (κ3) is 3.07. The number of para-hydroxylation sites is 1. The van der Waals surface area contributed by atoms with Crippen molar-refractivity contribution in [2.75, 3.05) is 6.61 Å². The van der Waals surface area contributed by atoms with E-state index in [-0.39, 0.29) is 17.2 Å². The average Bonchev–Trinajstić information content (AvgIpc) is 2.78. The van der Waals surface area contributed by atoms with E-state index >= 15 is 0 Å². The molecule has 0 saturated heterocycles. The summed E-state index contributed by atoms with van der Waals surface area (Å²) in [6, 6.07) is 4.74. The monoisotopic (exact) mass is 324 g/mol. The Labute approximate surface area is 123 Å². The summed E-state index contributed by atoms with van der Waals surface area (Å²) >= 11 is 5.68. The highest BCUT2D eigenvalue weighted by Gasteiger charge is 2.42. The average molecular weight is 325 g/mol. The summed E-state index contributed by atoms with van der Waals surface area (Å²) in [5.41, 5.74) is 0.622. The third-order valence-electron chi connectivity index (χ3n) is 2.93. The number of ether oxygens (including phenoxy) is 1. The van der Waals surface area contributed by atoms with Crippen molar-refractivity contribution in [1.29, 1.82) is 0 Å². The summed E-state index contributed by atoms with van der Waals surface area (Å²) in [6.45, 7) is 0.956. The number of benzene rings is 1. The lowest BCUT2D eigenvalue weighted by Crippen LogP contribution is -2.32. The zero-order valence-electron chi connectivity index (χ0n) is 11.1. The van der Waals surface area contributed by atoms with Crippen LogP contribution in [0.2, 0.25) is 0 Å². The lowest BCUT2D eigenvalue weighted by molar-refractivity contribution is -0.137. The molecule has 0 radical (unpaired) electrons. The van der Waals surface area contributed by atoms with Gasteiger partial charge in [-0.2, -0.15) is 8.78 Å². The molecule has 8 heteroatoms. The van der Waals surface area contributed by atoms with Gasteiger partial charge < -0.3 is 9.30 Å². The van der Waals surface area contributed by atoms with Gasteiger partial charge in [-0.25, -0.2) is 13.8 Å². The minimum atomic E-state index is -4.16. The topological polar surface area (TPSA) is 27.1 Å². The molecule has 0 saturated carbocycles. The highest BCUT2D eigenvalue weighted by molar-refractivity contribution is 6.16. The summed E-state index contributed by atoms with van der Waals surface area (Å²) in [5, 5.41) is 0. The van der Waals surface area contributed by atoms with Crippen LogP contribution in [0.15, 0.2) is 18.2 Å². The zero-order chi connectivity index (χ0) is 15.6. The first kappa shape index (κ1) is 15.9. The molecule has 116 valence electrons. The zero-order valence-corrected chi connectivity index (χ0v) is 11.9. The highest BCUT2D eigenvalue weighted by atomic mass is 35.5. The molecule has 0 atom stereocenters. The van der Waals surface area contributed by atoms with Crippen molar-refractivity contribution in [3.63, 3.8) is 0 Å². The van der Waals surface area contributed by atoms with Gasteiger partial charge in [-0.15, -0.1) is 11.6 Å². The van der Waals surface area contributed by atoms with Gasteiger partial charge in [-0.1, -0.05) is 6.07 Å². The Kier molecular flexibility index (Phi) is 4.61. The van der Waals surface area contributed by atoms with E-state index in [2.05, 4.69) is 4.98 Å². The molecule has 0 N–H and O–H groups in total. The summed E-state index contributed by atoms with van der Waals surface area (Å²) < 4.78 is 57.8. The molecule has 0 aliphatic carbocycles. The predicted molar refractivity (Wildman–Crippen MR) is 71.4 cm³/mol. The van der Waals surface area contributed by atoms with Gasteiger partial charge in [-0.05, 0) is 19.1 Å².